The third kappa shape index (κ3) is 4.36. The van der Waals surface area contributed by atoms with Gasteiger partial charge in [0.25, 0.3) is 0 Å². The predicted octanol–water partition coefficient (Wildman–Crippen LogP) is 2.50. The minimum atomic E-state index is -0.136. The molecule has 36 heavy (non-hydrogen) atoms. The molecule has 2 aromatic rings. The highest BCUT2D eigenvalue weighted by atomic mass is 16.6. The fourth-order valence-corrected chi connectivity index (χ4v) is 6.47. The van der Waals surface area contributed by atoms with Gasteiger partial charge in [0.15, 0.2) is 5.65 Å². The van der Waals surface area contributed by atoms with Crippen LogP contribution in [0.3, 0.4) is 0 Å². The number of hydrogen-bond acceptors (Lipinski definition) is 9. The second-order valence-corrected chi connectivity index (χ2v) is 11.1. The van der Waals surface area contributed by atoms with Crippen LogP contribution in [0.1, 0.15) is 69.3 Å². The van der Waals surface area contributed by atoms with E-state index in [-0.39, 0.29) is 30.3 Å². The lowest BCUT2D eigenvalue weighted by atomic mass is 9.98. The summed E-state index contributed by atoms with van der Waals surface area (Å²) in [5, 5.41) is 15.2. The van der Waals surface area contributed by atoms with E-state index in [0.29, 0.717) is 17.9 Å². The zero-order chi connectivity index (χ0) is 24.1. The minimum absolute atomic E-state index is 0.00387. The summed E-state index contributed by atoms with van der Waals surface area (Å²) in [6, 6.07) is 0.962. The van der Waals surface area contributed by atoms with Gasteiger partial charge in [-0.1, -0.05) is 0 Å². The van der Waals surface area contributed by atoms with Crippen LogP contribution in [-0.4, -0.2) is 87.1 Å². The topological polar surface area (TPSA) is 118 Å². The molecule has 4 saturated heterocycles. The molecule has 2 bridgehead atoms. The Balaban J connectivity index is 1.09. The van der Waals surface area contributed by atoms with E-state index in [1.54, 1.807) is 0 Å². The number of ether oxygens (including phenoxy) is 2. The summed E-state index contributed by atoms with van der Waals surface area (Å²) in [6.45, 7) is 3.23. The van der Waals surface area contributed by atoms with E-state index in [2.05, 4.69) is 21.0 Å². The van der Waals surface area contributed by atoms with E-state index in [1.807, 2.05) is 15.6 Å². The Morgan fingerprint density at radius 2 is 1.81 bits per heavy atom. The maximum Gasteiger partial charge on any atom is 0.410 e. The summed E-state index contributed by atoms with van der Waals surface area (Å²) < 4.78 is 13.2. The number of nitrogens with one attached hydrogen (secondary N) is 3. The smallest absolute Gasteiger partial charge is 0.410 e. The van der Waals surface area contributed by atoms with Crippen molar-refractivity contribution in [3.05, 3.63) is 11.8 Å². The highest BCUT2D eigenvalue weighted by molar-refractivity contribution is 5.69. The molecule has 0 radical (unpaired) electrons. The molecule has 3 atom stereocenters. The largest absolute Gasteiger partial charge is 0.445 e. The second kappa shape index (κ2) is 9.33. The number of amides is 1. The molecule has 11 heteroatoms. The van der Waals surface area contributed by atoms with Crippen molar-refractivity contribution in [2.24, 2.45) is 0 Å². The summed E-state index contributed by atoms with van der Waals surface area (Å²) in [6.07, 6.45) is 10.9. The molecule has 6 heterocycles. The first-order chi connectivity index (χ1) is 17.7. The molecule has 1 amide bonds. The Kier molecular flexibility index (Phi) is 5.84. The number of aromatic nitrogens is 4. The first-order valence-electron chi connectivity index (χ1n) is 13.8. The van der Waals surface area contributed by atoms with E-state index >= 15 is 0 Å². The number of carbonyl (C=O) groups excluding carboxylic acids is 1. The van der Waals surface area contributed by atoms with Crippen LogP contribution in [0.5, 0.6) is 0 Å². The van der Waals surface area contributed by atoms with Gasteiger partial charge in [0, 0.05) is 49.5 Å². The highest BCUT2D eigenvalue weighted by Gasteiger charge is 2.45. The van der Waals surface area contributed by atoms with Gasteiger partial charge >= 0.3 is 6.09 Å². The molecule has 0 aromatic carbocycles. The van der Waals surface area contributed by atoms with Crippen molar-refractivity contribution >= 4 is 23.6 Å². The molecule has 11 nitrogen and oxygen atoms in total. The molecule has 4 aliphatic heterocycles. The second-order valence-electron chi connectivity index (χ2n) is 11.1. The van der Waals surface area contributed by atoms with Gasteiger partial charge in [0.05, 0.1) is 6.20 Å². The van der Waals surface area contributed by atoms with Gasteiger partial charge in [-0.15, -0.1) is 0 Å². The molecular formula is C25H36N8O3. The van der Waals surface area contributed by atoms with E-state index in [4.69, 9.17) is 19.4 Å². The highest BCUT2D eigenvalue weighted by Crippen LogP contribution is 2.42. The summed E-state index contributed by atoms with van der Waals surface area (Å²) in [4.78, 5) is 24.8. The van der Waals surface area contributed by atoms with Crippen LogP contribution < -0.4 is 16.0 Å². The summed E-state index contributed by atoms with van der Waals surface area (Å²) in [5.74, 6) is 1.95. The standard InChI is InChI=1S/C25H36N8O3/c34-25(36-20-5-8-26-13-20)32-18-3-4-19(32)12-17(11-18)29-24-31-23(28-16-6-9-35-10-7-16)30-22-21(15-1-2-15)14-27-33(22)24/h14-20,26H,1-13H2,(H2,28,29,30,31). The van der Waals surface area contributed by atoms with Gasteiger partial charge in [-0.3, -0.25) is 0 Å². The fraction of sp³-hybridized carbons (Fsp3) is 0.760. The normalized spacial score (nSPS) is 30.6. The van der Waals surface area contributed by atoms with Gasteiger partial charge in [0.1, 0.15) is 6.10 Å². The van der Waals surface area contributed by atoms with Gasteiger partial charge in [-0.2, -0.15) is 19.6 Å². The Bertz CT molecular complexity index is 1090. The molecule has 1 aliphatic carbocycles. The number of piperidine rings is 1. The average Bonchev–Trinajstić information content (AvgIpc) is 3.29. The van der Waals surface area contributed by atoms with E-state index in [1.165, 1.54) is 18.4 Å². The van der Waals surface area contributed by atoms with Crippen LogP contribution in [0.25, 0.3) is 5.65 Å². The number of nitrogens with zero attached hydrogens (tertiary/aromatic N) is 5. The van der Waals surface area contributed by atoms with Crippen LogP contribution in [-0.2, 0) is 9.47 Å². The Morgan fingerprint density at radius 1 is 1.00 bits per heavy atom. The SMILES string of the molecule is O=C(OC1CCNC1)N1C2CCC1CC(Nc1nc(NC3CCOCC3)nc3c(C4CC4)cnn13)C2. The van der Waals surface area contributed by atoms with Crippen molar-refractivity contribution in [1.29, 1.82) is 0 Å². The van der Waals surface area contributed by atoms with Crippen molar-refractivity contribution in [3.8, 4) is 0 Å². The third-order valence-electron chi connectivity index (χ3n) is 8.53. The molecule has 5 fully saturated rings. The predicted molar refractivity (Wildman–Crippen MR) is 133 cm³/mol. The first-order valence-corrected chi connectivity index (χ1v) is 13.8. The number of carbonyl (C=O) groups is 1. The number of fused-ring (bicyclic) bond motifs is 3. The number of rotatable bonds is 6. The molecule has 194 valence electrons. The zero-order valence-corrected chi connectivity index (χ0v) is 20.7. The Morgan fingerprint density at radius 3 is 2.53 bits per heavy atom. The quantitative estimate of drug-likeness (QED) is 0.554. The van der Waals surface area contributed by atoms with Gasteiger partial charge in [-0.25, -0.2) is 4.79 Å². The minimum Gasteiger partial charge on any atom is -0.445 e. The van der Waals surface area contributed by atoms with Gasteiger partial charge in [-0.05, 0) is 70.3 Å². The summed E-state index contributed by atoms with van der Waals surface area (Å²) in [5.41, 5.74) is 2.12. The lowest BCUT2D eigenvalue weighted by Crippen LogP contribution is -2.50. The first kappa shape index (κ1) is 22.5. The third-order valence-corrected chi connectivity index (χ3v) is 8.53. The molecule has 2 aromatic heterocycles. The van der Waals surface area contributed by atoms with E-state index in [0.717, 1.165) is 82.8 Å². The van der Waals surface area contributed by atoms with Crippen LogP contribution in [0.2, 0.25) is 0 Å². The molecule has 5 aliphatic rings. The van der Waals surface area contributed by atoms with Crippen molar-refractivity contribution in [3.63, 3.8) is 0 Å². The summed E-state index contributed by atoms with van der Waals surface area (Å²) >= 11 is 0. The Labute approximate surface area is 210 Å². The van der Waals surface area contributed by atoms with Gasteiger partial charge in [0.2, 0.25) is 11.9 Å². The molecule has 3 N–H and O–H groups in total. The molecular weight excluding hydrogens is 460 g/mol. The maximum atomic E-state index is 13.0. The van der Waals surface area contributed by atoms with Crippen molar-refractivity contribution in [2.75, 3.05) is 36.9 Å². The fourth-order valence-electron chi connectivity index (χ4n) is 6.47. The van der Waals surface area contributed by atoms with E-state index < -0.39 is 0 Å². The van der Waals surface area contributed by atoms with Crippen molar-refractivity contribution < 1.29 is 14.3 Å². The molecule has 0 spiro atoms. The molecule has 1 saturated carbocycles. The molecule has 3 unspecified atom stereocenters. The number of anilines is 2. The lowest BCUT2D eigenvalue weighted by Gasteiger charge is -2.39. The average molecular weight is 497 g/mol. The van der Waals surface area contributed by atoms with Crippen LogP contribution >= 0.6 is 0 Å². The maximum absolute atomic E-state index is 13.0. The van der Waals surface area contributed by atoms with Gasteiger partial charge < -0.3 is 30.3 Å². The Hall–Kier alpha value is -2.66. The monoisotopic (exact) mass is 496 g/mol. The van der Waals surface area contributed by atoms with Crippen LogP contribution in [0.15, 0.2) is 6.20 Å². The van der Waals surface area contributed by atoms with Crippen molar-refractivity contribution in [2.45, 2.75) is 94.0 Å². The van der Waals surface area contributed by atoms with Crippen LogP contribution in [0.4, 0.5) is 16.7 Å². The number of hydrogen-bond donors (Lipinski definition) is 3. The zero-order valence-electron chi connectivity index (χ0n) is 20.7. The van der Waals surface area contributed by atoms with Crippen molar-refractivity contribution in [1.82, 2.24) is 29.8 Å². The summed E-state index contributed by atoms with van der Waals surface area (Å²) in [7, 11) is 0. The van der Waals surface area contributed by atoms with E-state index in [9.17, 15) is 4.79 Å². The lowest BCUT2D eigenvalue weighted by molar-refractivity contribution is 0.0434. The molecule has 7 rings (SSSR count). The van der Waals surface area contributed by atoms with Crippen LogP contribution in [0, 0.1) is 0 Å².